The Bertz CT molecular complexity index is 482. The first-order chi connectivity index (χ1) is 9.03. The van der Waals surface area contributed by atoms with Crippen LogP contribution in [0.2, 0.25) is 5.02 Å². The van der Waals surface area contributed by atoms with Gasteiger partial charge in [-0.15, -0.1) is 0 Å². The van der Waals surface area contributed by atoms with Gasteiger partial charge in [-0.05, 0) is 25.8 Å². The Balaban J connectivity index is 2.46. The summed E-state index contributed by atoms with van der Waals surface area (Å²) in [6.45, 7) is 1.74. The van der Waals surface area contributed by atoms with Crippen molar-refractivity contribution in [2.75, 3.05) is 0 Å². The molecule has 0 radical (unpaired) electrons. The van der Waals surface area contributed by atoms with Crippen LogP contribution in [0.25, 0.3) is 0 Å². The Morgan fingerprint density at radius 3 is 2.32 bits per heavy atom. The zero-order valence-electron chi connectivity index (χ0n) is 11.3. The van der Waals surface area contributed by atoms with E-state index in [-0.39, 0.29) is 0 Å². The van der Waals surface area contributed by atoms with Gasteiger partial charge >= 0.3 is 0 Å². The van der Waals surface area contributed by atoms with Crippen LogP contribution in [0.3, 0.4) is 0 Å². The number of benzene rings is 1. The highest BCUT2D eigenvalue weighted by molar-refractivity contribution is 6.31. The van der Waals surface area contributed by atoms with E-state index in [9.17, 15) is 10.4 Å². The highest BCUT2D eigenvalue weighted by atomic mass is 35.5. The molecule has 1 unspecified atom stereocenters. The van der Waals surface area contributed by atoms with Crippen molar-refractivity contribution >= 4 is 11.6 Å². The highest BCUT2D eigenvalue weighted by Crippen LogP contribution is 2.49. The van der Waals surface area contributed by atoms with Gasteiger partial charge in [-0.2, -0.15) is 5.26 Å². The second kappa shape index (κ2) is 5.53. The Kier molecular flexibility index (Phi) is 4.18. The van der Waals surface area contributed by atoms with Crippen molar-refractivity contribution in [2.45, 2.75) is 51.0 Å². The minimum atomic E-state index is -1.20. The molecule has 0 heterocycles. The van der Waals surface area contributed by atoms with E-state index >= 15 is 0 Å². The highest BCUT2D eigenvalue weighted by Gasteiger charge is 2.49. The maximum Gasteiger partial charge on any atom is 0.107 e. The number of nitrogens with zero attached hydrogens (tertiary/aromatic N) is 1. The van der Waals surface area contributed by atoms with Gasteiger partial charge in [0.2, 0.25) is 0 Å². The monoisotopic (exact) mass is 277 g/mol. The van der Waals surface area contributed by atoms with Crippen LogP contribution >= 0.6 is 11.6 Å². The fraction of sp³-hybridized carbons (Fsp3) is 0.562. The number of rotatable bonds is 2. The van der Waals surface area contributed by atoms with Crippen LogP contribution in [0.4, 0.5) is 0 Å². The molecule has 3 heteroatoms. The van der Waals surface area contributed by atoms with Crippen molar-refractivity contribution < 1.29 is 5.11 Å². The van der Waals surface area contributed by atoms with Crippen LogP contribution in [-0.2, 0) is 5.60 Å². The summed E-state index contributed by atoms with van der Waals surface area (Å²) < 4.78 is 0. The van der Waals surface area contributed by atoms with E-state index in [1.165, 1.54) is 0 Å². The third-order valence-electron chi connectivity index (χ3n) is 4.50. The summed E-state index contributed by atoms with van der Waals surface area (Å²) in [4.78, 5) is 0. The van der Waals surface area contributed by atoms with Gasteiger partial charge in [0.1, 0.15) is 5.60 Å². The number of aliphatic hydroxyl groups is 1. The van der Waals surface area contributed by atoms with Crippen molar-refractivity contribution in [3.63, 3.8) is 0 Å². The van der Waals surface area contributed by atoms with Crippen LogP contribution in [0.15, 0.2) is 24.3 Å². The standard InChI is InChI=1S/C16H20ClNO/c1-15(19,13-8-4-5-9-14(13)17)16(12-18)10-6-2-3-7-11-16/h4-5,8-9,19H,2-3,6-7,10-11H2,1H3. The molecule has 1 atom stereocenters. The quantitative estimate of drug-likeness (QED) is 0.814. The molecule has 1 aromatic carbocycles. The van der Waals surface area contributed by atoms with Crippen LogP contribution in [-0.4, -0.2) is 5.11 Å². The SMILES string of the molecule is CC(O)(c1ccccc1Cl)C1(C#N)CCCCCC1. The van der Waals surface area contributed by atoms with E-state index in [0.29, 0.717) is 10.6 Å². The van der Waals surface area contributed by atoms with E-state index in [0.717, 1.165) is 38.5 Å². The van der Waals surface area contributed by atoms with Gasteiger partial charge in [-0.1, -0.05) is 55.5 Å². The second-order valence-electron chi connectivity index (χ2n) is 5.66. The molecule has 19 heavy (non-hydrogen) atoms. The van der Waals surface area contributed by atoms with Crippen molar-refractivity contribution in [2.24, 2.45) is 5.41 Å². The van der Waals surface area contributed by atoms with Gasteiger partial charge < -0.3 is 5.11 Å². The van der Waals surface area contributed by atoms with E-state index in [1.54, 1.807) is 13.0 Å². The van der Waals surface area contributed by atoms with Gasteiger partial charge in [0.05, 0.1) is 11.5 Å². The van der Waals surface area contributed by atoms with Crippen LogP contribution in [0.5, 0.6) is 0 Å². The fourth-order valence-electron chi connectivity index (χ4n) is 3.15. The first-order valence-corrected chi connectivity index (χ1v) is 7.30. The molecule has 2 rings (SSSR count). The van der Waals surface area contributed by atoms with Crippen molar-refractivity contribution in [3.8, 4) is 6.07 Å². The van der Waals surface area contributed by atoms with E-state index in [2.05, 4.69) is 6.07 Å². The zero-order chi connectivity index (χ0) is 13.9. The lowest BCUT2D eigenvalue weighted by Gasteiger charge is -2.40. The maximum absolute atomic E-state index is 11.1. The Labute approximate surface area is 120 Å². The molecule has 2 nitrogen and oxygen atoms in total. The van der Waals surface area contributed by atoms with Gasteiger partial charge in [0.25, 0.3) is 0 Å². The molecule has 0 aliphatic heterocycles. The van der Waals surface area contributed by atoms with Gasteiger partial charge in [-0.3, -0.25) is 0 Å². The summed E-state index contributed by atoms with van der Waals surface area (Å²) in [5.74, 6) is 0. The number of hydrogen-bond acceptors (Lipinski definition) is 2. The molecule has 0 bridgehead atoms. The van der Waals surface area contributed by atoms with Gasteiger partial charge in [0, 0.05) is 10.6 Å². The molecule has 1 fully saturated rings. The van der Waals surface area contributed by atoms with E-state index < -0.39 is 11.0 Å². The summed E-state index contributed by atoms with van der Waals surface area (Å²) in [7, 11) is 0. The molecule has 1 N–H and O–H groups in total. The number of halogens is 1. The first kappa shape index (κ1) is 14.4. The molecule has 0 aromatic heterocycles. The zero-order valence-corrected chi connectivity index (χ0v) is 12.1. The van der Waals surface area contributed by atoms with Crippen molar-refractivity contribution in [1.82, 2.24) is 0 Å². The predicted octanol–water partition coefficient (Wildman–Crippen LogP) is 4.41. The lowest BCUT2D eigenvalue weighted by atomic mass is 9.66. The average Bonchev–Trinajstić information content (AvgIpc) is 2.65. The summed E-state index contributed by atoms with van der Waals surface area (Å²) in [6, 6.07) is 9.71. The van der Waals surface area contributed by atoms with Crippen LogP contribution in [0.1, 0.15) is 51.0 Å². The number of nitriles is 1. The molecular formula is C16H20ClNO. The second-order valence-corrected chi connectivity index (χ2v) is 6.07. The predicted molar refractivity (Wildman–Crippen MR) is 76.8 cm³/mol. The van der Waals surface area contributed by atoms with Crippen molar-refractivity contribution in [3.05, 3.63) is 34.9 Å². The molecular weight excluding hydrogens is 258 g/mol. The third-order valence-corrected chi connectivity index (χ3v) is 4.83. The molecule has 0 amide bonds. The summed E-state index contributed by atoms with van der Waals surface area (Å²) >= 11 is 6.22. The van der Waals surface area contributed by atoms with Gasteiger partial charge in [-0.25, -0.2) is 0 Å². The minimum absolute atomic E-state index is 0.534. The summed E-state index contributed by atoms with van der Waals surface area (Å²) in [5, 5.41) is 21.3. The molecule has 1 aliphatic carbocycles. The lowest BCUT2D eigenvalue weighted by Crippen LogP contribution is -2.42. The Hall–Kier alpha value is -1.04. The normalized spacial score (nSPS) is 22.0. The van der Waals surface area contributed by atoms with Crippen molar-refractivity contribution in [1.29, 1.82) is 5.26 Å². The molecule has 0 spiro atoms. The maximum atomic E-state index is 11.1. The van der Waals surface area contributed by atoms with Crippen LogP contribution in [0, 0.1) is 16.7 Å². The fourth-order valence-corrected chi connectivity index (χ4v) is 3.47. The minimum Gasteiger partial charge on any atom is -0.384 e. The molecule has 102 valence electrons. The molecule has 1 saturated carbocycles. The Morgan fingerprint density at radius 2 is 1.79 bits per heavy atom. The number of hydrogen-bond donors (Lipinski definition) is 1. The topological polar surface area (TPSA) is 44.0 Å². The van der Waals surface area contributed by atoms with Crippen LogP contribution < -0.4 is 0 Å². The molecule has 0 saturated heterocycles. The largest absolute Gasteiger partial charge is 0.384 e. The Morgan fingerprint density at radius 1 is 1.21 bits per heavy atom. The third kappa shape index (κ3) is 2.50. The summed E-state index contributed by atoms with van der Waals surface area (Å²) in [5.41, 5.74) is -1.26. The van der Waals surface area contributed by atoms with Gasteiger partial charge in [0.15, 0.2) is 0 Å². The molecule has 1 aliphatic rings. The average molecular weight is 278 g/mol. The van der Waals surface area contributed by atoms with E-state index in [4.69, 9.17) is 11.6 Å². The summed E-state index contributed by atoms with van der Waals surface area (Å²) in [6.07, 6.45) is 5.75. The lowest BCUT2D eigenvalue weighted by molar-refractivity contribution is -0.0532. The first-order valence-electron chi connectivity index (χ1n) is 6.92. The molecule has 1 aromatic rings. The van der Waals surface area contributed by atoms with E-state index in [1.807, 2.05) is 18.2 Å². The smallest absolute Gasteiger partial charge is 0.107 e.